The van der Waals surface area contributed by atoms with Crippen LogP contribution in [0.1, 0.15) is 22.9 Å². The van der Waals surface area contributed by atoms with Gasteiger partial charge in [-0.25, -0.2) is 9.98 Å². The van der Waals surface area contributed by atoms with Gasteiger partial charge in [0, 0.05) is 27.3 Å². The van der Waals surface area contributed by atoms with Crippen LogP contribution in [0.2, 0.25) is 0 Å². The monoisotopic (exact) mass is 642 g/mol. The normalized spacial score (nSPS) is 14.6. The van der Waals surface area contributed by atoms with Crippen molar-refractivity contribution in [2.75, 3.05) is 0 Å². The number of amidine groups is 2. The standard InChI is InChI=1S/C45H30N4O/c1-4-14-29(15-5-1)32-24-25-38-36(26-32)34-20-10-12-22-37(34)49(38)39-27-33(28-41-42(39)35-21-11-13-23-40(35)50-41)45-47-43(30-16-6-2-7-17-30)46-44(48-45)31-18-8-3-9-19-31/h1-28,43H,(H,46,47,48). The van der Waals surface area contributed by atoms with Gasteiger partial charge in [0.15, 0.2) is 5.84 Å². The van der Waals surface area contributed by atoms with Crippen molar-refractivity contribution in [1.29, 1.82) is 0 Å². The predicted molar refractivity (Wildman–Crippen MR) is 205 cm³/mol. The van der Waals surface area contributed by atoms with Gasteiger partial charge in [0.2, 0.25) is 0 Å². The lowest BCUT2D eigenvalue weighted by Crippen LogP contribution is -2.33. The summed E-state index contributed by atoms with van der Waals surface area (Å²) in [6.07, 6.45) is -0.307. The Balaban J connectivity index is 1.24. The molecule has 0 aliphatic carbocycles. The predicted octanol–water partition coefficient (Wildman–Crippen LogP) is 10.8. The highest BCUT2D eigenvalue weighted by Gasteiger charge is 2.25. The number of nitrogens with one attached hydrogen (secondary N) is 1. The van der Waals surface area contributed by atoms with Gasteiger partial charge in [-0.1, -0.05) is 133 Å². The SMILES string of the molecule is c1ccc(C2=NC(c3ccccc3)NC(c3cc(-n4c5ccccc5c5cc(-c6ccccc6)ccc54)c4c(c3)oc3ccccc34)=N2)cc1. The van der Waals surface area contributed by atoms with Crippen LogP contribution in [0.3, 0.4) is 0 Å². The molecule has 0 saturated heterocycles. The van der Waals surface area contributed by atoms with Gasteiger partial charge in [-0.2, -0.15) is 0 Å². The summed E-state index contributed by atoms with van der Waals surface area (Å²) in [5.74, 6) is 1.42. The maximum atomic E-state index is 6.62. The zero-order chi connectivity index (χ0) is 33.0. The van der Waals surface area contributed by atoms with Crippen LogP contribution in [-0.2, 0) is 0 Å². The van der Waals surface area contributed by atoms with Gasteiger partial charge in [-0.3, -0.25) is 0 Å². The molecule has 0 amide bonds. The van der Waals surface area contributed by atoms with Crippen LogP contribution >= 0.6 is 0 Å². The summed E-state index contributed by atoms with van der Waals surface area (Å²) < 4.78 is 9.01. The van der Waals surface area contributed by atoms with E-state index in [0.29, 0.717) is 5.84 Å². The molecule has 1 aliphatic rings. The van der Waals surface area contributed by atoms with Crippen LogP contribution in [0.25, 0.3) is 60.6 Å². The molecular weight excluding hydrogens is 613 g/mol. The highest BCUT2D eigenvalue weighted by atomic mass is 16.3. The maximum absolute atomic E-state index is 6.62. The largest absolute Gasteiger partial charge is 0.456 e. The van der Waals surface area contributed by atoms with Gasteiger partial charge < -0.3 is 14.3 Å². The van der Waals surface area contributed by atoms with Crippen molar-refractivity contribution in [2.24, 2.45) is 9.98 Å². The van der Waals surface area contributed by atoms with Crippen LogP contribution in [-0.4, -0.2) is 16.2 Å². The molecule has 1 atom stereocenters. The Morgan fingerprint density at radius 2 is 1.16 bits per heavy atom. The second-order valence-corrected chi connectivity index (χ2v) is 12.7. The smallest absolute Gasteiger partial charge is 0.159 e. The average molecular weight is 643 g/mol. The van der Waals surface area contributed by atoms with E-state index in [1.54, 1.807) is 0 Å². The van der Waals surface area contributed by atoms with Crippen molar-refractivity contribution in [2.45, 2.75) is 6.17 Å². The molecule has 50 heavy (non-hydrogen) atoms. The fraction of sp³-hybridized carbons (Fsp3) is 0.0222. The summed E-state index contributed by atoms with van der Waals surface area (Å²) in [4.78, 5) is 10.2. The Bertz CT molecular complexity index is 2780. The molecule has 236 valence electrons. The van der Waals surface area contributed by atoms with Gasteiger partial charge >= 0.3 is 0 Å². The Morgan fingerprint density at radius 3 is 1.96 bits per heavy atom. The van der Waals surface area contributed by atoms with E-state index < -0.39 is 0 Å². The first-order valence-electron chi connectivity index (χ1n) is 16.9. The Hall–Kier alpha value is -6.72. The first-order valence-corrected chi connectivity index (χ1v) is 16.9. The zero-order valence-electron chi connectivity index (χ0n) is 27.0. The first-order chi connectivity index (χ1) is 24.8. The lowest BCUT2D eigenvalue weighted by atomic mass is 10.0. The Labute approximate surface area is 288 Å². The minimum atomic E-state index is -0.307. The number of benzene rings is 7. The highest BCUT2D eigenvalue weighted by Crippen LogP contribution is 2.40. The summed E-state index contributed by atoms with van der Waals surface area (Å²) in [5.41, 5.74) is 10.3. The lowest BCUT2D eigenvalue weighted by Gasteiger charge is -2.24. The first kappa shape index (κ1) is 28.3. The van der Waals surface area contributed by atoms with E-state index in [4.69, 9.17) is 14.4 Å². The Kier molecular flexibility index (Phi) is 6.49. The number of rotatable bonds is 5. The minimum absolute atomic E-state index is 0.307. The molecule has 1 unspecified atom stereocenters. The number of hydrogen-bond acceptors (Lipinski definition) is 4. The second kappa shape index (κ2) is 11.5. The summed E-state index contributed by atoms with van der Waals surface area (Å²) in [6, 6.07) is 59.2. The quantitative estimate of drug-likeness (QED) is 0.203. The fourth-order valence-corrected chi connectivity index (χ4v) is 7.31. The van der Waals surface area contributed by atoms with E-state index in [1.807, 2.05) is 48.5 Å². The molecule has 3 heterocycles. The van der Waals surface area contributed by atoms with Crippen molar-refractivity contribution in [1.82, 2.24) is 9.88 Å². The maximum Gasteiger partial charge on any atom is 0.159 e. The van der Waals surface area contributed by atoms with Gasteiger partial charge in [0.25, 0.3) is 0 Å². The molecule has 1 aliphatic heterocycles. The molecule has 5 heteroatoms. The van der Waals surface area contributed by atoms with Crippen molar-refractivity contribution in [3.05, 3.63) is 187 Å². The van der Waals surface area contributed by atoms with Crippen molar-refractivity contribution < 1.29 is 4.42 Å². The number of furan rings is 1. The van der Waals surface area contributed by atoms with Crippen LogP contribution in [0.5, 0.6) is 0 Å². The molecule has 10 rings (SSSR count). The van der Waals surface area contributed by atoms with Gasteiger partial charge in [0.05, 0.1) is 22.1 Å². The van der Waals surface area contributed by atoms with Crippen LogP contribution in [0, 0.1) is 0 Å². The molecule has 0 spiro atoms. The number of fused-ring (bicyclic) bond motifs is 6. The van der Waals surface area contributed by atoms with E-state index in [9.17, 15) is 0 Å². The zero-order valence-corrected chi connectivity index (χ0v) is 27.0. The summed E-state index contributed by atoms with van der Waals surface area (Å²) in [5, 5.41) is 8.20. The van der Waals surface area contributed by atoms with Crippen LogP contribution in [0.15, 0.2) is 184 Å². The molecule has 0 saturated carbocycles. The topological polar surface area (TPSA) is 54.8 Å². The lowest BCUT2D eigenvalue weighted by molar-refractivity contribution is 0.666. The van der Waals surface area contributed by atoms with E-state index >= 15 is 0 Å². The van der Waals surface area contributed by atoms with Crippen LogP contribution < -0.4 is 5.32 Å². The highest BCUT2D eigenvalue weighted by molar-refractivity contribution is 6.18. The Morgan fingerprint density at radius 1 is 0.500 bits per heavy atom. The molecule has 0 fully saturated rings. The van der Waals surface area contributed by atoms with Crippen molar-refractivity contribution >= 4 is 55.4 Å². The molecule has 0 bridgehead atoms. The third kappa shape index (κ3) is 4.63. The fourth-order valence-electron chi connectivity index (χ4n) is 7.31. The molecule has 5 nitrogen and oxygen atoms in total. The molecule has 1 N–H and O–H groups in total. The number of nitrogens with zero attached hydrogens (tertiary/aromatic N) is 3. The number of aliphatic imine (C=N–C) groups is 2. The van der Waals surface area contributed by atoms with E-state index in [2.05, 4.69) is 131 Å². The minimum Gasteiger partial charge on any atom is -0.456 e. The van der Waals surface area contributed by atoms with E-state index in [0.717, 1.165) is 61.2 Å². The van der Waals surface area contributed by atoms with Gasteiger partial charge in [0.1, 0.15) is 23.2 Å². The third-order valence-electron chi connectivity index (χ3n) is 9.64. The van der Waals surface area contributed by atoms with Crippen LogP contribution in [0.4, 0.5) is 0 Å². The van der Waals surface area contributed by atoms with E-state index in [1.165, 1.54) is 21.9 Å². The summed E-state index contributed by atoms with van der Waals surface area (Å²) in [6.45, 7) is 0. The number of aromatic nitrogens is 1. The van der Waals surface area contributed by atoms with Crippen molar-refractivity contribution in [3.8, 4) is 16.8 Å². The number of hydrogen-bond donors (Lipinski definition) is 1. The summed E-state index contributed by atoms with van der Waals surface area (Å²) >= 11 is 0. The molecule has 9 aromatic rings. The molecular formula is C45H30N4O. The summed E-state index contributed by atoms with van der Waals surface area (Å²) in [7, 11) is 0. The average Bonchev–Trinajstić information content (AvgIpc) is 3.74. The van der Waals surface area contributed by atoms with Gasteiger partial charge in [-0.15, -0.1) is 0 Å². The van der Waals surface area contributed by atoms with E-state index in [-0.39, 0.29) is 6.17 Å². The van der Waals surface area contributed by atoms with Gasteiger partial charge in [-0.05, 0) is 53.1 Å². The number of para-hydroxylation sites is 2. The second-order valence-electron chi connectivity index (χ2n) is 12.7. The molecule has 2 aromatic heterocycles. The third-order valence-corrected chi connectivity index (χ3v) is 9.64. The molecule has 7 aromatic carbocycles. The van der Waals surface area contributed by atoms with Crippen molar-refractivity contribution in [3.63, 3.8) is 0 Å². The molecule has 0 radical (unpaired) electrons.